The number of allylic oxidation sites excluding steroid dienone is 5. The van der Waals surface area contributed by atoms with Gasteiger partial charge in [0, 0.05) is 6.92 Å². The van der Waals surface area contributed by atoms with E-state index in [0.717, 1.165) is 24.0 Å². The van der Waals surface area contributed by atoms with E-state index in [1.807, 2.05) is 36.4 Å². The van der Waals surface area contributed by atoms with Gasteiger partial charge in [-0.05, 0) is 42.2 Å². The average molecular weight is 268 g/mol. The molecule has 0 aromatic heterocycles. The lowest BCUT2D eigenvalue weighted by atomic mass is 9.99. The molecule has 1 aromatic rings. The Kier molecular flexibility index (Phi) is 4.66. The standard InChI is InChI=1S/C17H16O3/c1-13(18)20-16-11-9-14(10-12-16)5-4-7-15-6-2-3-8-17(15)19/h3-5,7-12H,2,6H2,1H3/b5-4+,15-7+. The number of benzene rings is 1. The Labute approximate surface area is 118 Å². The van der Waals surface area contributed by atoms with Crippen LogP contribution in [0.3, 0.4) is 0 Å². The van der Waals surface area contributed by atoms with E-state index in [1.165, 1.54) is 6.92 Å². The molecule has 0 saturated carbocycles. The van der Waals surface area contributed by atoms with Gasteiger partial charge in [-0.2, -0.15) is 0 Å². The summed E-state index contributed by atoms with van der Waals surface area (Å²) < 4.78 is 4.96. The van der Waals surface area contributed by atoms with Gasteiger partial charge < -0.3 is 4.74 Å². The van der Waals surface area contributed by atoms with Crippen molar-refractivity contribution in [1.82, 2.24) is 0 Å². The van der Waals surface area contributed by atoms with Crippen LogP contribution in [0.4, 0.5) is 0 Å². The van der Waals surface area contributed by atoms with Crippen molar-refractivity contribution in [3.05, 3.63) is 59.7 Å². The Morgan fingerprint density at radius 1 is 1.25 bits per heavy atom. The summed E-state index contributed by atoms with van der Waals surface area (Å²) in [5.41, 5.74) is 1.82. The first-order valence-electron chi connectivity index (χ1n) is 6.52. The van der Waals surface area contributed by atoms with Crippen LogP contribution in [0.1, 0.15) is 25.3 Å². The number of ether oxygens (including phenoxy) is 1. The number of carbonyl (C=O) groups excluding carboxylic acids is 2. The molecule has 2 rings (SSSR count). The van der Waals surface area contributed by atoms with Crippen LogP contribution in [-0.2, 0) is 9.59 Å². The fourth-order valence-corrected chi connectivity index (χ4v) is 1.91. The maximum absolute atomic E-state index is 11.5. The predicted molar refractivity (Wildman–Crippen MR) is 78.2 cm³/mol. The minimum atomic E-state index is -0.332. The molecule has 0 amide bonds. The van der Waals surface area contributed by atoms with Crippen molar-refractivity contribution in [3.63, 3.8) is 0 Å². The van der Waals surface area contributed by atoms with E-state index in [4.69, 9.17) is 4.74 Å². The molecule has 0 saturated heterocycles. The summed E-state index contributed by atoms with van der Waals surface area (Å²) in [6, 6.07) is 7.19. The second kappa shape index (κ2) is 6.66. The lowest BCUT2D eigenvalue weighted by molar-refractivity contribution is -0.131. The summed E-state index contributed by atoms with van der Waals surface area (Å²) in [5, 5.41) is 0. The Bertz CT molecular complexity index is 589. The SMILES string of the molecule is CC(=O)Oc1ccc(/C=C/C=C2\CCC=CC2=O)cc1. The number of ketones is 1. The van der Waals surface area contributed by atoms with Gasteiger partial charge in [0.15, 0.2) is 5.78 Å². The van der Waals surface area contributed by atoms with Crippen molar-refractivity contribution in [2.45, 2.75) is 19.8 Å². The molecule has 1 aromatic carbocycles. The van der Waals surface area contributed by atoms with Gasteiger partial charge in [0.25, 0.3) is 0 Å². The number of carbonyl (C=O) groups is 2. The zero-order valence-electron chi connectivity index (χ0n) is 11.3. The lowest BCUT2D eigenvalue weighted by Gasteiger charge is -2.05. The van der Waals surface area contributed by atoms with E-state index in [1.54, 1.807) is 18.2 Å². The molecule has 1 aliphatic rings. The molecule has 0 spiro atoms. The number of hydrogen-bond acceptors (Lipinski definition) is 3. The molecule has 0 N–H and O–H groups in total. The summed E-state index contributed by atoms with van der Waals surface area (Å²) in [7, 11) is 0. The normalized spacial score (nSPS) is 16.9. The van der Waals surface area contributed by atoms with Crippen LogP contribution in [0, 0.1) is 0 Å². The van der Waals surface area contributed by atoms with Gasteiger partial charge in [-0.1, -0.05) is 36.4 Å². The van der Waals surface area contributed by atoms with Crippen LogP contribution in [0.2, 0.25) is 0 Å². The van der Waals surface area contributed by atoms with Gasteiger partial charge in [0.2, 0.25) is 0 Å². The molecule has 20 heavy (non-hydrogen) atoms. The highest BCUT2D eigenvalue weighted by molar-refractivity contribution is 6.04. The first kappa shape index (κ1) is 14.0. The molecular formula is C17H16O3. The Morgan fingerprint density at radius 2 is 2.00 bits per heavy atom. The van der Waals surface area contributed by atoms with E-state index in [9.17, 15) is 9.59 Å². The zero-order chi connectivity index (χ0) is 14.4. The fourth-order valence-electron chi connectivity index (χ4n) is 1.91. The van der Waals surface area contributed by atoms with Crippen molar-refractivity contribution in [3.8, 4) is 5.75 Å². The topological polar surface area (TPSA) is 43.4 Å². The van der Waals surface area contributed by atoms with Crippen LogP contribution in [0.15, 0.2) is 54.1 Å². The second-order valence-electron chi connectivity index (χ2n) is 4.52. The maximum Gasteiger partial charge on any atom is 0.308 e. The molecule has 0 aliphatic heterocycles. The van der Waals surface area contributed by atoms with E-state index in [2.05, 4.69) is 0 Å². The first-order chi connectivity index (χ1) is 9.65. The maximum atomic E-state index is 11.5. The van der Waals surface area contributed by atoms with Crippen molar-refractivity contribution in [2.24, 2.45) is 0 Å². The summed E-state index contributed by atoms with van der Waals surface area (Å²) >= 11 is 0. The van der Waals surface area contributed by atoms with Crippen LogP contribution in [-0.4, -0.2) is 11.8 Å². The quantitative estimate of drug-likeness (QED) is 0.479. The van der Waals surface area contributed by atoms with Gasteiger partial charge >= 0.3 is 5.97 Å². The summed E-state index contributed by atoms with van der Waals surface area (Å²) in [6.45, 7) is 1.37. The summed E-state index contributed by atoms with van der Waals surface area (Å²) in [6.07, 6.45) is 10.9. The monoisotopic (exact) mass is 268 g/mol. The largest absolute Gasteiger partial charge is 0.427 e. The molecule has 1 aliphatic carbocycles. The van der Waals surface area contributed by atoms with Crippen LogP contribution in [0.5, 0.6) is 5.75 Å². The number of rotatable bonds is 3. The minimum absolute atomic E-state index is 0.0890. The number of esters is 1. The third-order valence-electron chi connectivity index (χ3n) is 2.89. The molecule has 0 radical (unpaired) electrons. The third-order valence-corrected chi connectivity index (χ3v) is 2.89. The van der Waals surface area contributed by atoms with Gasteiger partial charge in [-0.25, -0.2) is 0 Å². The molecule has 0 heterocycles. The molecule has 0 unspecified atom stereocenters. The van der Waals surface area contributed by atoms with Crippen LogP contribution >= 0.6 is 0 Å². The molecular weight excluding hydrogens is 252 g/mol. The van der Waals surface area contributed by atoms with Crippen molar-refractivity contribution in [1.29, 1.82) is 0 Å². The smallest absolute Gasteiger partial charge is 0.308 e. The highest BCUT2D eigenvalue weighted by Crippen LogP contribution is 2.16. The Hall–Kier alpha value is -2.42. The van der Waals surface area contributed by atoms with Crippen molar-refractivity contribution < 1.29 is 14.3 Å². The van der Waals surface area contributed by atoms with Crippen LogP contribution < -0.4 is 4.74 Å². The first-order valence-corrected chi connectivity index (χ1v) is 6.52. The average Bonchev–Trinajstić information content (AvgIpc) is 2.42. The van der Waals surface area contributed by atoms with Crippen LogP contribution in [0.25, 0.3) is 6.08 Å². The zero-order valence-corrected chi connectivity index (χ0v) is 11.3. The highest BCUT2D eigenvalue weighted by Gasteiger charge is 2.07. The van der Waals surface area contributed by atoms with E-state index >= 15 is 0 Å². The Balaban J connectivity index is 2.01. The van der Waals surface area contributed by atoms with Crippen molar-refractivity contribution in [2.75, 3.05) is 0 Å². The molecule has 0 fully saturated rings. The van der Waals surface area contributed by atoms with Gasteiger partial charge in [-0.3, -0.25) is 9.59 Å². The molecule has 3 heteroatoms. The molecule has 0 atom stereocenters. The highest BCUT2D eigenvalue weighted by atomic mass is 16.5. The molecule has 0 bridgehead atoms. The third kappa shape index (κ3) is 4.05. The Morgan fingerprint density at radius 3 is 2.65 bits per heavy atom. The van der Waals surface area contributed by atoms with E-state index < -0.39 is 0 Å². The van der Waals surface area contributed by atoms with Gasteiger partial charge in [0.1, 0.15) is 5.75 Å². The fraction of sp³-hybridized carbons (Fsp3) is 0.176. The summed E-state index contributed by atoms with van der Waals surface area (Å²) in [4.78, 5) is 22.3. The van der Waals surface area contributed by atoms with Gasteiger partial charge in [-0.15, -0.1) is 0 Å². The summed E-state index contributed by atoms with van der Waals surface area (Å²) in [5.74, 6) is 0.286. The van der Waals surface area contributed by atoms with Crippen molar-refractivity contribution >= 4 is 17.8 Å². The van der Waals surface area contributed by atoms with E-state index in [-0.39, 0.29) is 11.8 Å². The lowest BCUT2D eigenvalue weighted by Crippen LogP contribution is -2.02. The van der Waals surface area contributed by atoms with Gasteiger partial charge in [0.05, 0.1) is 0 Å². The minimum Gasteiger partial charge on any atom is -0.427 e. The van der Waals surface area contributed by atoms with E-state index in [0.29, 0.717) is 5.75 Å². The molecule has 102 valence electrons. The molecule has 3 nitrogen and oxygen atoms in total. The predicted octanol–water partition coefficient (Wildman–Crippen LogP) is 3.47. The number of hydrogen-bond donors (Lipinski definition) is 0. The second-order valence-corrected chi connectivity index (χ2v) is 4.52.